The van der Waals surface area contributed by atoms with Crippen molar-refractivity contribution in [1.82, 2.24) is 0 Å². The number of carboxylic acid groups (broad SMARTS) is 1. The molecular formula is C17H25BrO2. The normalized spacial score (nSPS) is 14.8. The molecule has 0 fully saturated rings. The summed E-state index contributed by atoms with van der Waals surface area (Å²) in [7, 11) is 0. The number of carbonyl (C=O) groups is 1. The number of hydrogen-bond acceptors (Lipinski definition) is 1. The minimum absolute atomic E-state index is 0.157. The zero-order valence-electron chi connectivity index (χ0n) is 12.9. The van der Waals surface area contributed by atoms with Crippen molar-refractivity contribution in [2.24, 2.45) is 5.41 Å². The van der Waals surface area contributed by atoms with Crippen LogP contribution >= 0.6 is 15.9 Å². The highest BCUT2D eigenvalue weighted by atomic mass is 79.9. The number of aryl methyl sites for hydroxylation is 1. The summed E-state index contributed by atoms with van der Waals surface area (Å²) in [5.74, 6) is -0.738. The lowest BCUT2D eigenvalue weighted by molar-refractivity contribution is -0.143. The van der Waals surface area contributed by atoms with Gasteiger partial charge in [0.15, 0.2) is 0 Å². The highest BCUT2D eigenvalue weighted by molar-refractivity contribution is 9.09. The van der Waals surface area contributed by atoms with Crippen molar-refractivity contribution >= 4 is 21.9 Å². The molecule has 2 nitrogen and oxygen atoms in total. The van der Waals surface area contributed by atoms with Crippen molar-refractivity contribution in [3.63, 3.8) is 0 Å². The van der Waals surface area contributed by atoms with Crippen molar-refractivity contribution in [2.45, 2.75) is 52.4 Å². The first-order chi connectivity index (χ1) is 9.21. The molecule has 1 N–H and O–H groups in total. The number of benzene rings is 1. The maximum Gasteiger partial charge on any atom is 0.313 e. The first-order valence-electron chi connectivity index (χ1n) is 7.08. The Balaban J connectivity index is 2.96. The van der Waals surface area contributed by atoms with Crippen LogP contribution in [-0.2, 0) is 10.2 Å². The zero-order valence-corrected chi connectivity index (χ0v) is 14.5. The van der Waals surface area contributed by atoms with E-state index in [2.05, 4.69) is 29.8 Å². The van der Waals surface area contributed by atoms with Crippen molar-refractivity contribution in [2.75, 3.05) is 5.33 Å². The third-order valence-electron chi connectivity index (χ3n) is 4.20. The van der Waals surface area contributed by atoms with Gasteiger partial charge in [-0.1, -0.05) is 59.6 Å². The Bertz CT molecular complexity index is 468. The van der Waals surface area contributed by atoms with Gasteiger partial charge in [-0.15, -0.1) is 0 Å². The lowest BCUT2D eigenvalue weighted by atomic mass is 9.73. The van der Waals surface area contributed by atoms with Crippen LogP contribution in [0, 0.1) is 12.3 Å². The van der Waals surface area contributed by atoms with E-state index in [4.69, 9.17) is 0 Å². The van der Waals surface area contributed by atoms with Gasteiger partial charge in [-0.2, -0.15) is 0 Å². The quantitative estimate of drug-likeness (QED) is 0.714. The third kappa shape index (κ3) is 4.34. The van der Waals surface area contributed by atoms with E-state index in [1.165, 1.54) is 0 Å². The Labute approximate surface area is 130 Å². The summed E-state index contributed by atoms with van der Waals surface area (Å²) in [6.45, 7) is 8.24. The summed E-state index contributed by atoms with van der Waals surface area (Å²) in [5.41, 5.74) is 1.36. The molecule has 0 aliphatic carbocycles. The van der Waals surface area contributed by atoms with E-state index in [-0.39, 0.29) is 5.41 Å². The van der Waals surface area contributed by atoms with E-state index in [9.17, 15) is 9.90 Å². The zero-order chi connectivity index (χ0) is 15.4. The van der Waals surface area contributed by atoms with Crippen molar-refractivity contribution in [1.29, 1.82) is 0 Å². The highest BCUT2D eigenvalue weighted by Crippen LogP contribution is 2.36. The van der Waals surface area contributed by atoms with E-state index in [1.807, 2.05) is 38.1 Å². The highest BCUT2D eigenvalue weighted by Gasteiger charge is 2.36. The number of rotatable bonds is 7. The van der Waals surface area contributed by atoms with E-state index >= 15 is 0 Å². The molecule has 0 radical (unpaired) electrons. The molecule has 0 saturated heterocycles. The van der Waals surface area contributed by atoms with Crippen LogP contribution < -0.4 is 0 Å². The molecule has 1 atom stereocenters. The molecule has 1 aromatic rings. The van der Waals surface area contributed by atoms with Gasteiger partial charge in [0.2, 0.25) is 0 Å². The van der Waals surface area contributed by atoms with Gasteiger partial charge in [-0.25, -0.2) is 0 Å². The van der Waals surface area contributed by atoms with Gasteiger partial charge in [-0.3, -0.25) is 4.79 Å². The molecule has 0 spiro atoms. The smallest absolute Gasteiger partial charge is 0.313 e. The maximum absolute atomic E-state index is 11.8. The number of alkyl halides is 1. The predicted octanol–water partition coefficient (Wildman–Crippen LogP) is 4.93. The predicted molar refractivity (Wildman–Crippen MR) is 87.6 cm³/mol. The molecule has 1 rings (SSSR count). The van der Waals surface area contributed by atoms with Gasteiger partial charge in [0, 0.05) is 5.33 Å². The Kier molecular flexibility index (Phi) is 5.81. The van der Waals surface area contributed by atoms with Gasteiger partial charge in [0.05, 0.1) is 5.41 Å². The average molecular weight is 341 g/mol. The van der Waals surface area contributed by atoms with Crippen molar-refractivity contribution < 1.29 is 9.90 Å². The molecule has 0 bridgehead atoms. The molecule has 0 aliphatic rings. The van der Waals surface area contributed by atoms with E-state index < -0.39 is 11.4 Å². The summed E-state index contributed by atoms with van der Waals surface area (Å²) < 4.78 is 0. The largest absolute Gasteiger partial charge is 0.481 e. The molecule has 1 aromatic carbocycles. The van der Waals surface area contributed by atoms with E-state index in [0.717, 1.165) is 29.3 Å². The van der Waals surface area contributed by atoms with Crippen LogP contribution in [0.1, 0.15) is 51.2 Å². The summed E-state index contributed by atoms with van der Waals surface area (Å²) in [6, 6.07) is 7.86. The fraction of sp³-hybridized carbons (Fsp3) is 0.588. The molecule has 112 valence electrons. The van der Waals surface area contributed by atoms with E-state index in [0.29, 0.717) is 6.42 Å². The molecule has 3 heteroatoms. The second kappa shape index (κ2) is 6.75. The topological polar surface area (TPSA) is 37.3 Å². The summed E-state index contributed by atoms with van der Waals surface area (Å²) in [5, 5.41) is 10.6. The molecule has 0 heterocycles. The monoisotopic (exact) mass is 340 g/mol. The van der Waals surface area contributed by atoms with Crippen LogP contribution in [0.25, 0.3) is 0 Å². The van der Waals surface area contributed by atoms with Crippen LogP contribution in [0.2, 0.25) is 0 Å². The lowest BCUT2D eigenvalue weighted by Gasteiger charge is -2.31. The van der Waals surface area contributed by atoms with E-state index in [1.54, 1.807) is 0 Å². The number of halogens is 1. The Morgan fingerprint density at radius 3 is 2.35 bits per heavy atom. The van der Waals surface area contributed by atoms with Crippen molar-refractivity contribution in [3.8, 4) is 0 Å². The van der Waals surface area contributed by atoms with Crippen LogP contribution in [-0.4, -0.2) is 16.4 Å². The first kappa shape index (κ1) is 17.2. The van der Waals surface area contributed by atoms with Crippen LogP contribution in [0.15, 0.2) is 24.3 Å². The Hall–Kier alpha value is -0.830. The SMILES string of the molecule is Cc1cccc(C(C)(CCC(C)(C)CCBr)C(=O)O)c1. The summed E-state index contributed by atoms with van der Waals surface area (Å²) >= 11 is 3.47. The van der Waals surface area contributed by atoms with Crippen LogP contribution in [0.5, 0.6) is 0 Å². The first-order valence-corrected chi connectivity index (χ1v) is 8.20. The maximum atomic E-state index is 11.8. The standard InChI is InChI=1S/C17H25BrO2/c1-13-6-5-7-14(12-13)17(4,15(19)20)9-8-16(2,3)10-11-18/h5-7,12H,8-11H2,1-4H3,(H,19,20). The third-order valence-corrected chi connectivity index (χ3v) is 4.60. The average Bonchev–Trinajstić information content (AvgIpc) is 2.35. The lowest BCUT2D eigenvalue weighted by Crippen LogP contribution is -2.34. The summed E-state index contributed by atoms with van der Waals surface area (Å²) in [6.07, 6.45) is 2.61. The minimum atomic E-state index is -0.810. The van der Waals surface area contributed by atoms with Crippen LogP contribution in [0.4, 0.5) is 0 Å². The molecule has 0 aliphatic heterocycles. The molecule has 0 saturated carbocycles. The molecule has 1 unspecified atom stereocenters. The van der Waals surface area contributed by atoms with Gasteiger partial charge in [0.1, 0.15) is 0 Å². The summed E-state index contributed by atoms with van der Waals surface area (Å²) in [4.78, 5) is 11.8. The van der Waals surface area contributed by atoms with Gasteiger partial charge >= 0.3 is 5.97 Å². The molecule has 0 amide bonds. The molecule has 20 heavy (non-hydrogen) atoms. The molecule has 0 aromatic heterocycles. The van der Waals surface area contributed by atoms with Gasteiger partial charge in [-0.05, 0) is 44.1 Å². The number of aliphatic carboxylic acids is 1. The van der Waals surface area contributed by atoms with Gasteiger partial charge in [0.25, 0.3) is 0 Å². The van der Waals surface area contributed by atoms with Crippen LogP contribution in [0.3, 0.4) is 0 Å². The Morgan fingerprint density at radius 1 is 1.20 bits per heavy atom. The molecular weight excluding hydrogens is 316 g/mol. The Morgan fingerprint density at radius 2 is 1.85 bits per heavy atom. The second-order valence-electron chi connectivity index (χ2n) is 6.61. The number of hydrogen-bond donors (Lipinski definition) is 1. The minimum Gasteiger partial charge on any atom is -0.481 e. The second-order valence-corrected chi connectivity index (χ2v) is 7.40. The van der Waals surface area contributed by atoms with Gasteiger partial charge < -0.3 is 5.11 Å². The van der Waals surface area contributed by atoms with Crippen molar-refractivity contribution in [3.05, 3.63) is 35.4 Å². The number of carboxylic acids is 1. The fourth-order valence-electron chi connectivity index (χ4n) is 2.33. The fourth-order valence-corrected chi connectivity index (χ4v) is 3.41.